The number of carbonyl (C=O) groups excluding carboxylic acids is 1. The molecular formula is C21H17BrClN5OS. The second kappa shape index (κ2) is 8.67. The van der Waals surface area contributed by atoms with Crippen LogP contribution < -0.4 is 5.32 Å². The van der Waals surface area contributed by atoms with Crippen molar-refractivity contribution in [3.8, 4) is 5.69 Å². The summed E-state index contributed by atoms with van der Waals surface area (Å²) in [5, 5.41) is 12.2. The minimum Gasteiger partial charge on any atom is -0.296 e. The van der Waals surface area contributed by atoms with E-state index in [4.69, 9.17) is 11.6 Å². The summed E-state index contributed by atoms with van der Waals surface area (Å²) in [4.78, 5) is 18.4. The Bertz CT molecular complexity index is 1200. The largest absolute Gasteiger partial charge is 0.296 e. The molecule has 0 aliphatic heterocycles. The lowest BCUT2D eigenvalue weighted by molar-refractivity contribution is 0.102. The Balaban J connectivity index is 1.50. The molecule has 9 heteroatoms. The Hall–Kier alpha value is -2.55. The molecule has 0 aliphatic rings. The number of hydrogen-bond donors (Lipinski definition) is 1. The average Bonchev–Trinajstić information content (AvgIpc) is 3.26. The molecule has 152 valence electrons. The molecular weight excluding hydrogens is 486 g/mol. The molecule has 0 radical (unpaired) electrons. The highest BCUT2D eigenvalue weighted by atomic mass is 79.9. The van der Waals surface area contributed by atoms with Gasteiger partial charge in [0.25, 0.3) is 5.91 Å². The van der Waals surface area contributed by atoms with Crippen molar-refractivity contribution < 1.29 is 4.79 Å². The van der Waals surface area contributed by atoms with Gasteiger partial charge < -0.3 is 0 Å². The van der Waals surface area contributed by atoms with Gasteiger partial charge in [-0.3, -0.25) is 10.1 Å². The Morgan fingerprint density at radius 2 is 1.83 bits per heavy atom. The van der Waals surface area contributed by atoms with Gasteiger partial charge in [-0.05, 0) is 55.8 Å². The number of amides is 1. The Kier molecular flexibility index (Phi) is 5.99. The third-order valence-corrected chi connectivity index (χ3v) is 6.43. The van der Waals surface area contributed by atoms with E-state index in [1.54, 1.807) is 23.7 Å². The van der Waals surface area contributed by atoms with Gasteiger partial charge in [-0.15, -0.1) is 16.4 Å². The fourth-order valence-corrected chi connectivity index (χ4v) is 4.34. The molecule has 30 heavy (non-hydrogen) atoms. The van der Waals surface area contributed by atoms with Crippen molar-refractivity contribution in [1.82, 2.24) is 20.0 Å². The van der Waals surface area contributed by atoms with Gasteiger partial charge in [-0.1, -0.05) is 44.9 Å². The lowest BCUT2D eigenvalue weighted by Crippen LogP contribution is -2.14. The van der Waals surface area contributed by atoms with E-state index < -0.39 is 0 Å². The van der Waals surface area contributed by atoms with Crippen molar-refractivity contribution in [1.29, 1.82) is 0 Å². The van der Waals surface area contributed by atoms with Crippen molar-refractivity contribution in [3.63, 3.8) is 0 Å². The third kappa shape index (κ3) is 4.45. The van der Waals surface area contributed by atoms with Crippen molar-refractivity contribution in [3.05, 3.63) is 85.5 Å². The number of nitrogens with one attached hydrogen (secondary N) is 1. The zero-order chi connectivity index (χ0) is 21.3. The summed E-state index contributed by atoms with van der Waals surface area (Å²) in [5.74, 6) is -0.336. The number of aryl methyl sites for hydroxylation is 1. The highest BCUT2D eigenvalue weighted by Crippen LogP contribution is 2.26. The predicted octanol–water partition coefficient (Wildman–Crippen LogP) is 5.60. The van der Waals surface area contributed by atoms with E-state index in [-0.39, 0.29) is 11.6 Å². The maximum Gasteiger partial charge on any atom is 0.279 e. The van der Waals surface area contributed by atoms with Gasteiger partial charge in [0.2, 0.25) is 0 Å². The van der Waals surface area contributed by atoms with E-state index >= 15 is 0 Å². The topological polar surface area (TPSA) is 72.7 Å². The molecule has 0 aliphatic carbocycles. The first-order chi connectivity index (χ1) is 14.4. The smallest absolute Gasteiger partial charge is 0.279 e. The molecule has 0 saturated heterocycles. The zero-order valence-corrected chi connectivity index (χ0v) is 19.3. The number of hydrogen-bond acceptors (Lipinski definition) is 5. The first-order valence-electron chi connectivity index (χ1n) is 9.11. The molecule has 2 aromatic heterocycles. The van der Waals surface area contributed by atoms with Gasteiger partial charge in [-0.2, -0.15) is 0 Å². The van der Waals surface area contributed by atoms with Crippen molar-refractivity contribution >= 4 is 49.9 Å². The molecule has 6 nitrogen and oxygen atoms in total. The van der Waals surface area contributed by atoms with Gasteiger partial charge in [0.1, 0.15) is 0 Å². The molecule has 1 N–H and O–H groups in total. The first-order valence-corrected chi connectivity index (χ1v) is 11.1. The number of carbonyl (C=O) groups is 1. The minimum absolute atomic E-state index is 0.257. The second-order valence-corrected chi connectivity index (χ2v) is 9.13. The average molecular weight is 503 g/mol. The molecule has 1 amide bonds. The van der Waals surface area contributed by atoms with Gasteiger partial charge in [0.15, 0.2) is 10.8 Å². The van der Waals surface area contributed by atoms with Crippen LogP contribution in [0.2, 0.25) is 5.02 Å². The maximum atomic E-state index is 12.8. The van der Waals surface area contributed by atoms with E-state index in [1.165, 1.54) is 16.9 Å². The first kappa shape index (κ1) is 20.7. The van der Waals surface area contributed by atoms with Crippen LogP contribution in [0, 0.1) is 13.8 Å². The fourth-order valence-electron chi connectivity index (χ4n) is 2.96. The monoisotopic (exact) mass is 501 g/mol. The van der Waals surface area contributed by atoms with Crippen LogP contribution in [0.15, 0.2) is 53.0 Å². The summed E-state index contributed by atoms with van der Waals surface area (Å²) < 4.78 is 2.65. The molecule has 0 saturated carbocycles. The summed E-state index contributed by atoms with van der Waals surface area (Å²) in [5.41, 5.74) is 3.76. The minimum atomic E-state index is -0.336. The van der Waals surface area contributed by atoms with Crippen LogP contribution in [0.1, 0.15) is 32.3 Å². The standard InChI is InChI=1S/C21H17BrClN5OS/c1-12-18(11-14-3-5-15(22)6-4-14)30-21(24-12)25-20(29)19-13(2)28(27-26-19)17-9-7-16(23)8-10-17/h3-10H,11H2,1-2H3,(H,24,25,29). The Morgan fingerprint density at radius 3 is 2.53 bits per heavy atom. The van der Waals surface area contributed by atoms with E-state index in [0.29, 0.717) is 15.8 Å². The fraction of sp³-hybridized carbons (Fsp3) is 0.143. The van der Waals surface area contributed by atoms with Crippen LogP contribution in [0.25, 0.3) is 5.69 Å². The highest BCUT2D eigenvalue weighted by molar-refractivity contribution is 9.10. The van der Waals surface area contributed by atoms with Gasteiger partial charge in [0, 0.05) is 20.8 Å². The van der Waals surface area contributed by atoms with Crippen LogP contribution in [-0.2, 0) is 6.42 Å². The molecule has 0 atom stereocenters. The maximum absolute atomic E-state index is 12.8. The van der Waals surface area contributed by atoms with Crippen LogP contribution in [-0.4, -0.2) is 25.9 Å². The number of nitrogens with zero attached hydrogens (tertiary/aromatic N) is 4. The van der Waals surface area contributed by atoms with E-state index in [0.717, 1.165) is 27.2 Å². The Morgan fingerprint density at radius 1 is 1.13 bits per heavy atom. The zero-order valence-electron chi connectivity index (χ0n) is 16.2. The van der Waals surface area contributed by atoms with E-state index in [1.807, 2.05) is 31.2 Å². The number of benzene rings is 2. The number of anilines is 1. The lowest BCUT2D eigenvalue weighted by atomic mass is 10.1. The normalized spacial score (nSPS) is 10.9. The molecule has 0 unspecified atom stereocenters. The van der Waals surface area contributed by atoms with E-state index in [2.05, 4.69) is 48.7 Å². The summed E-state index contributed by atoms with van der Waals surface area (Å²) >= 11 is 10.9. The van der Waals surface area contributed by atoms with Crippen molar-refractivity contribution in [2.45, 2.75) is 20.3 Å². The summed E-state index contributed by atoms with van der Waals surface area (Å²) in [6.45, 7) is 3.75. The second-order valence-electron chi connectivity index (χ2n) is 6.70. The molecule has 0 spiro atoms. The summed E-state index contributed by atoms with van der Waals surface area (Å²) in [6, 6.07) is 15.4. The SMILES string of the molecule is Cc1nc(NC(=O)c2nnn(-c3ccc(Cl)cc3)c2C)sc1Cc1ccc(Br)cc1. The van der Waals surface area contributed by atoms with Gasteiger partial charge in [0.05, 0.1) is 17.1 Å². The summed E-state index contributed by atoms with van der Waals surface area (Å²) in [7, 11) is 0. The molecule has 4 aromatic rings. The van der Waals surface area contributed by atoms with Crippen LogP contribution >= 0.6 is 38.9 Å². The molecule has 2 heterocycles. The Labute approximate surface area is 191 Å². The number of halogens is 2. The lowest BCUT2D eigenvalue weighted by Gasteiger charge is -2.04. The third-order valence-electron chi connectivity index (χ3n) is 4.57. The van der Waals surface area contributed by atoms with E-state index in [9.17, 15) is 4.79 Å². The number of aromatic nitrogens is 4. The highest BCUT2D eigenvalue weighted by Gasteiger charge is 2.19. The molecule has 4 rings (SSSR count). The van der Waals surface area contributed by atoms with Crippen LogP contribution in [0.5, 0.6) is 0 Å². The number of rotatable bonds is 5. The number of thiazole rings is 1. The molecule has 0 bridgehead atoms. The van der Waals surface area contributed by atoms with Crippen molar-refractivity contribution in [2.75, 3.05) is 5.32 Å². The van der Waals surface area contributed by atoms with Crippen LogP contribution in [0.3, 0.4) is 0 Å². The molecule has 2 aromatic carbocycles. The van der Waals surface area contributed by atoms with Crippen LogP contribution in [0.4, 0.5) is 5.13 Å². The predicted molar refractivity (Wildman–Crippen MR) is 123 cm³/mol. The van der Waals surface area contributed by atoms with Crippen molar-refractivity contribution in [2.24, 2.45) is 0 Å². The van der Waals surface area contributed by atoms with Gasteiger partial charge in [-0.25, -0.2) is 9.67 Å². The quantitative estimate of drug-likeness (QED) is 0.385. The summed E-state index contributed by atoms with van der Waals surface area (Å²) in [6.07, 6.45) is 0.762. The van der Waals surface area contributed by atoms with Gasteiger partial charge >= 0.3 is 0 Å². The molecule has 0 fully saturated rings.